The van der Waals surface area contributed by atoms with Gasteiger partial charge in [-0.1, -0.05) is 38.1 Å². The number of carbonyl (C=O) groups excluding carboxylic acids is 2. The summed E-state index contributed by atoms with van der Waals surface area (Å²) in [6, 6.07) is 7.78. The molecule has 0 aliphatic rings. The van der Waals surface area contributed by atoms with Crippen molar-refractivity contribution in [1.82, 2.24) is 15.5 Å². The molecule has 25 heavy (non-hydrogen) atoms. The van der Waals surface area contributed by atoms with E-state index in [1.165, 1.54) is 18.2 Å². The fraction of sp³-hybridized carbons (Fsp3) is 0.579. The molecule has 0 aromatic heterocycles. The molecule has 0 spiro atoms. The Bertz CT molecular complexity index is 559. The summed E-state index contributed by atoms with van der Waals surface area (Å²) < 4.78 is 4.60. The van der Waals surface area contributed by atoms with Crippen LogP contribution in [0.2, 0.25) is 0 Å². The Hall–Kier alpha value is -2.08. The van der Waals surface area contributed by atoms with E-state index in [9.17, 15) is 9.59 Å². The van der Waals surface area contributed by atoms with Gasteiger partial charge in [-0.25, -0.2) is 4.79 Å². The van der Waals surface area contributed by atoms with Crippen LogP contribution in [0, 0.1) is 5.92 Å². The molecule has 2 N–H and O–H groups in total. The van der Waals surface area contributed by atoms with Crippen LogP contribution in [-0.2, 0) is 22.5 Å². The van der Waals surface area contributed by atoms with Crippen LogP contribution in [0.15, 0.2) is 24.3 Å². The first-order valence-corrected chi connectivity index (χ1v) is 8.66. The maximum absolute atomic E-state index is 12.3. The summed E-state index contributed by atoms with van der Waals surface area (Å²) in [5.74, 6) is 0.110. The zero-order valence-electron chi connectivity index (χ0n) is 16.0. The molecular weight excluding hydrogens is 318 g/mol. The van der Waals surface area contributed by atoms with Gasteiger partial charge in [-0.15, -0.1) is 0 Å². The van der Waals surface area contributed by atoms with Crippen molar-refractivity contribution in [3.05, 3.63) is 35.4 Å². The zero-order valence-corrected chi connectivity index (χ0v) is 16.0. The Morgan fingerprint density at radius 3 is 2.48 bits per heavy atom. The molecule has 1 aromatic rings. The summed E-state index contributed by atoms with van der Waals surface area (Å²) >= 11 is 0. The lowest BCUT2D eigenvalue weighted by Crippen LogP contribution is -2.47. The van der Waals surface area contributed by atoms with Gasteiger partial charge in [0.1, 0.15) is 6.04 Å². The quantitative estimate of drug-likeness (QED) is 0.717. The van der Waals surface area contributed by atoms with Gasteiger partial charge >= 0.3 is 6.09 Å². The monoisotopic (exact) mass is 349 g/mol. The van der Waals surface area contributed by atoms with Crippen LogP contribution in [0.5, 0.6) is 0 Å². The lowest BCUT2D eigenvalue weighted by Gasteiger charge is -2.19. The molecule has 1 atom stereocenters. The molecule has 6 nitrogen and oxygen atoms in total. The highest BCUT2D eigenvalue weighted by molar-refractivity contribution is 5.85. The number of nitrogens with one attached hydrogen (secondary N) is 2. The molecule has 6 heteroatoms. The number of methoxy groups -OCH3 is 1. The van der Waals surface area contributed by atoms with E-state index in [0.717, 1.165) is 13.0 Å². The number of benzene rings is 1. The average Bonchev–Trinajstić information content (AvgIpc) is 2.53. The van der Waals surface area contributed by atoms with Gasteiger partial charge in [0.2, 0.25) is 5.91 Å². The van der Waals surface area contributed by atoms with E-state index < -0.39 is 12.1 Å². The number of hydrogen-bond acceptors (Lipinski definition) is 4. The van der Waals surface area contributed by atoms with Crippen molar-refractivity contribution in [2.75, 3.05) is 27.7 Å². The number of amides is 2. The van der Waals surface area contributed by atoms with Gasteiger partial charge in [0.15, 0.2) is 0 Å². The normalized spacial score (nSPS) is 12.1. The first-order chi connectivity index (χ1) is 11.8. The minimum absolute atomic E-state index is 0.177. The summed E-state index contributed by atoms with van der Waals surface area (Å²) in [5.41, 5.74) is 2.43. The minimum Gasteiger partial charge on any atom is -0.453 e. The largest absolute Gasteiger partial charge is 0.453 e. The van der Waals surface area contributed by atoms with Gasteiger partial charge < -0.3 is 20.3 Å². The highest BCUT2D eigenvalue weighted by Gasteiger charge is 2.21. The second-order valence-corrected chi connectivity index (χ2v) is 6.92. The minimum atomic E-state index is -0.586. The first-order valence-electron chi connectivity index (χ1n) is 8.66. The Morgan fingerprint density at radius 2 is 1.88 bits per heavy atom. The molecule has 0 saturated heterocycles. The Balaban J connectivity index is 2.54. The summed E-state index contributed by atoms with van der Waals surface area (Å²) in [4.78, 5) is 25.9. The van der Waals surface area contributed by atoms with E-state index >= 15 is 0 Å². The fourth-order valence-electron chi connectivity index (χ4n) is 2.61. The van der Waals surface area contributed by atoms with E-state index in [-0.39, 0.29) is 11.8 Å². The zero-order chi connectivity index (χ0) is 18.8. The number of hydrogen-bond donors (Lipinski definition) is 2. The van der Waals surface area contributed by atoms with Gasteiger partial charge in [0.25, 0.3) is 0 Å². The lowest BCUT2D eigenvalue weighted by atomic mass is 10.0. The standard InChI is InChI=1S/C19H31N3O3/c1-14(2)11-17(21-19(24)25-5)18(23)20-10-9-15-7-6-8-16(12-15)13-22(3)4/h6-8,12,14,17H,9-11,13H2,1-5H3,(H,20,23)(H,21,24)/t17-/m1/s1. The van der Waals surface area contributed by atoms with Crippen molar-refractivity contribution in [3.63, 3.8) is 0 Å². The van der Waals surface area contributed by atoms with Crippen molar-refractivity contribution >= 4 is 12.0 Å². The topological polar surface area (TPSA) is 70.7 Å². The van der Waals surface area contributed by atoms with Crippen LogP contribution < -0.4 is 10.6 Å². The van der Waals surface area contributed by atoms with Crippen molar-refractivity contribution in [3.8, 4) is 0 Å². The summed E-state index contributed by atoms with van der Waals surface area (Å²) in [5, 5.41) is 5.51. The van der Waals surface area contributed by atoms with Gasteiger partial charge in [0.05, 0.1) is 7.11 Å². The third-order valence-corrected chi connectivity index (χ3v) is 3.70. The highest BCUT2D eigenvalue weighted by Crippen LogP contribution is 2.08. The number of rotatable bonds is 9. The molecule has 0 radical (unpaired) electrons. The van der Waals surface area contributed by atoms with Gasteiger partial charge in [-0.2, -0.15) is 0 Å². The number of ether oxygens (including phenoxy) is 1. The van der Waals surface area contributed by atoms with Crippen LogP contribution in [0.4, 0.5) is 4.79 Å². The molecule has 0 aliphatic carbocycles. The predicted molar refractivity (Wildman–Crippen MR) is 99.3 cm³/mol. The maximum atomic E-state index is 12.3. The van der Waals surface area contributed by atoms with Crippen molar-refractivity contribution < 1.29 is 14.3 Å². The van der Waals surface area contributed by atoms with Gasteiger partial charge in [-0.05, 0) is 44.0 Å². The van der Waals surface area contributed by atoms with Crippen molar-refractivity contribution in [2.24, 2.45) is 5.92 Å². The SMILES string of the molecule is COC(=O)N[C@H](CC(C)C)C(=O)NCCc1cccc(CN(C)C)c1. The Morgan fingerprint density at radius 1 is 1.20 bits per heavy atom. The maximum Gasteiger partial charge on any atom is 0.407 e. The molecule has 0 bridgehead atoms. The van der Waals surface area contributed by atoms with Crippen LogP contribution in [0.3, 0.4) is 0 Å². The first kappa shape index (κ1) is 21.0. The number of alkyl carbamates (subject to hydrolysis) is 1. The molecular formula is C19H31N3O3. The summed E-state index contributed by atoms with van der Waals surface area (Å²) in [6.45, 7) is 5.44. The second kappa shape index (κ2) is 10.7. The lowest BCUT2D eigenvalue weighted by molar-refractivity contribution is -0.123. The molecule has 0 fully saturated rings. The molecule has 1 rings (SSSR count). The van der Waals surface area contributed by atoms with Crippen LogP contribution in [-0.4, -0.2) is 50.7 Å². The van der Waals surface area contributed by atoms with E-state index in [1.807, 2.05) is 34.0 Å². The molecule has 140 valence electrons. The molecule has 0 aliphatic heterocycles. The smallest absolute Gasteiger partial charge is 0.407 e. The van der Waals surface area contributed by atoms with E-state index in [4.69, 9.17) is 0 Å². The predicted octanol–water partition coefficient (Wildman–Crippen LogP) is 2.18. The van der Waals surface area contributed by atoms with Gasteiger partial charge in [-0.3, -0.25) is 4.79 Å². The van der Waals surface area contributed by atoms with Crippen molar-refractivity contribution in [2.45, 2.75) is 39.3 Å². The Labute approximate surface area is 150 Å². The fourth-order valence-corrected chi connectivity index (χ4v) is 2.61. The molecule has 0 heterocycles. The highest BCUT2D eigenvalue weighted by atomic mass is 16.5. The number of nitrogens with zero attached hydrogens (tertiary/aromatic N) is 1. The molecule has 1 aromatic carbocycles. The Kier molecular flexibility index (Phi) is 8.99. The van der Waals surface area contributed by atoms with Crippen molar-refractivity contribution in [1.29, 1.82) is 0 Å². The van der Waals surface area contributed by atoms with E-state index in [1.54, 1.807) is 0 Å². The summed E-state index contributed by atoms with van der Waals surface area (Å²) in [6.07, 6.45) is 0.732. The third kappa shape index (κ3) is 8.54. The van der Waals surface area contributed by atoms with E-state index in [2.05, 4.69) is 38.5 Å². The van der Waals surface area contributed by atoms with Gasteiger partial charge in [0, 0.05) is 13.1 Å². The van der Waals surface area contributed by atoms with Crippen LogP contribution in [0.1, 0.15) is 31.4 Å². The molecule has 2 amide bonds. The second-order valence-electron chi connectivity index (χ2n) is 6.92. The van der Waals surface area contributed by atoms with Crippen LogP contribution in [0.25, 0.3) is 0 Å². The molecule has 0 unspecified atom stereocenters. The van der Waals surface area contributed by atoms with Crippen LogP contribution >= 0.6 is 0 Å². The molecule has 0 saturated carbocycles. The summed E-state index contributed by atoms with van der Waals surface area (Å²) in [7, 11) is 5.37. The number of carbonyl (C=O) groups is 2. The van der Waals surface area contributed by atoms with E-state index in [0.29, 0.717) is 13.0 Å². The third-order valence-electron chi connectivity index (χ3n) is 3.70. The average molecular weight is 349 g/mol.